The number of epoxide rings is 1. The van der Waals surface area contributed by atoms with Crippen LogP contribution in [0.4, 0.5) is 0 Å². The van der Waals surface area contributed by atoms with E-state index in [1.165, 1.54) is 23.8 Å². The Bertz CT molecular complexity index is 1450. The minimum atomic E-state index is -1.08. The lowest BCUT2D eigenvalue weighted by Crippen LogP contribution is -2.36. The highest BCUT2D eigenvalue weighted by atomic mass is 35.5. The number of carbonyl (C=O) groups is 2. The molecule has 4 aliphatic rings. The van der Waals surface area contributed by atoms with Crippen molar-refractivity contribution in [1.82, 2.24) is 0 Å². The van der Waals surface area contributed by atoms with Gasteiger partial charge in [-0.25, -0.2) is 9.59 Å². The van der Waals surface area contributed by atoms with Crippen molar-refractivity contribution in [2.45, 2.75) is 108 Å². The maximum Gasteiger partial charge on any atom is 0.341 e. The molecule has 1 aromatic carbocycles. The molecule has 0 unspecified atom stereocenters. The summed E-state index contributed by atoms with van der Waals surface area (Å²) in [5.74, 6) is -1.12. The number of halogens is 3. The van der Waals surface area contributed by atoms with E-state index in [1.807, 2.05) is 19.1 Å². The third-order valence-corrected chi connectivity index (χ3v) is 9.69. The van der Waals surface area contributed by atoms with Crippen LogP contribution < -0.4 is 0 Å². The van der Waals surface area contributed by atoms with E-state index in [-0.39, 0.29) is 45.4 Å². The van der Waals surface area contributed by atoms with E-state index >= 15 is 0 Å². The van der Waals surface area contributed by atoms with Crippen LogP contribution in [0.1, 0.15) is 69.2 Å². The maximum absolute atomic E-state index is 13.6. The minimum Gasteiger partial charge on any atom is -0.455 e. The third kappa shape index (κ3) is 10.5. The summed E-state index contributed by atoms with van der Waals surface area (Å²) in [5, 5.41) is 11.4. The predicted molar refractivity (Wildman–Crippen MR) is 185 cm³/mol. The molecule has 2 bridgehead atoms. The highest BCUT2D eigenvalue weighted by Gasteiger charge is 2.47. The predicted octanol–water partition coefficient (Wildman–Crippen LogP) is 7.93. The second-order valence-corrected chi connectivity index (χ2v) is 14.4. The van der Waals surface area contributed by atoms with Crippen LogP contribution in [-0.2, 0) is 28.5 Å². The highest BCUT2D eigenvalue weighted by Crippen LogP contribution is 2.36. The first-order chi connectivity index (χ1) is 22.9. The van der Waals surface area contributed by atoms with Crippen LogP contribution in [0.5, 0.6) is 0 Å². The number of fused-ring (bicyclic) bond motifs is 3. The normalized spacial score (nSPS) is 33.1. The minimum absolute atomic E-state index is 0.0192. The fraction of sp³-hybridized carbons (Fsp3) is 0.514. The molecular weight excluding hydrogens is 679 g/mol. The molecule has 0 radical (unpaired) electrons. The van der Waals surface area contributed by atoms with E-state index in [0.29, 0.717) is 31.8 Å². The van der Waals surface area contributed by atoms with E-state index in [9.17, 15) is 14.7 Å². The molecule has 11 heteroatoms. The van der Waals surface area contributed by atoms with Crippen LogP contribution in [0.15, 0.2) is 72.4 Å². The van der Waals surface area contributed by atoms with Crippen LogP contribution in [0.3, 0.4) is 0 Å². The van der Waals surface area contributed by atoms with E-state index < -0.39 is 42.5 Å². The van der Waals surface area contributed by atoms with Crippen molar-refractivity contribution in [3.8, 4) is 0 Å². The number of rotatable bonds is 5. The Kier molecular flexibility index (Phi) is 13.0. The third-order valence-electron chi connectivity index (χ3n) is 8.87. The molecule has 1 N–H and O–H groups in total. The number of carbonyl (C=O) groups excluding carboxylic acids is 2. The summed E-state index contributed by atoms with van der Waals surface area (Å²) in [6.07, 6.45) is 12.6. The quantitative estimate of drug-likeness (QED) is 0.186. The van der Waals surface area contributed by atoms with Gasteiger partial charge in [0.2, 0.25) is 0 Å². The summed E-state index contributed by atoms with van der Waals surface area (Å²) in [7, 11) is 0. The molecule has 1 saturated heterocycles. The SMILES string of the molecule is C=C1C[C@H](C)C[C@@H]2CC=C[C@@H](C/C=C\C(=O)O[C@H]([C@H](/C=C/[C@@H]3CC(C)=CCO3)OC(=O)c3c(Cl)cc(Cl)cc3Cl)C[C@@H]3O[C@H]3[C@@H](O)C1)O2. The van der Waals surface area contributed by atoms with Gasteiger partial charge in [0, 0.05) is 17.5 Å². The van der Waals surface area contributed by atoms with Crippen LogP contribution in [0.25, 0.3) is 0 Å². The zero-order valence-corrected chi connectivity index (χ0v) is 29.5. The maximum atomic E-state index is 13.6. The summed E-state index contributed by atoms with van der Waals surface area (Å²) in [6.45, 7) is 8.86. The first-order valence-electron chi connectivity index (χ1n) is 16.5. The van der Waals surface area contributed by atoms with Crippen LogP contribution >= 0.6 is 34.8 Å². The van der Waals surface area contributed by atoms with Crippen molar-refractivity contribution in [1.29, 1.82) is 0 Å². The molecule has 0 amide bonds. The van der Waals surface area contributed by atoms with Gasteiger partial charge in [-0.15, -0.1) is 0 Å². The molecule has 260 valence electrons. The van der Waals surface area contributed by atoms with Gasteiger partial charge >= 0.3 is 11.9 Å². The number of cyclic esters (lactones) is 1. The van der Waals surface area contributed by atoms with Gasteiger partial charge in [0.25, 0.3) is 0 Å². The Balaban J connectivity index is 1.42. The molecule has 9 atom stereocenters. The van der Waals surface area contributed by atoms with Crippen molar-refractivity contribution in [2.75, 3.05) is 6.61 Å². The molecule has 48 heavy (non-hydrogen) atoms. The zero-order chi connectivity index (χ0) is 34.4. The van der Waals surface area contributed by atoms with Gasteiger partial charge in [-0.3, -0.25) is 0 Å². The number of aliphatic hydroxyl groups is 1. The number of ether oxygens (including phenoxy) is 5. The zero-order valence-electron chi connectivity index (χ0n) is 27.2. The molecule has 4 aliphatic heterocycles. The summed E-state index contributed by atoms with van der Waals surface area (Å²) in [6, 6.07) is 2.80. The summed E-state index contributed by atoms with van der Waals surface area (Å²) in [5.41, 5.74) is 2.03. The average Bonchev–Trinajstić information content (AvgIpc) is 3.77. The van der Waals surface area contributed by atoms with Gasteiger partial charge in [-0.05, 0) is 69.6 Å². The Morgan fingerprint density at radius 3 is 2.60 bits per heavy atom. The van der Waals surface area contributed by atoms with Gasteiger partial charge in [0.1, 0.15) is 12.2 Å². The fourth-order valence-corrected chi connectivity index (χ4v) is 7.45. The molecule has 8 nitrogen and oxygen atoms in total. The lowest BCUT2D eigenvalue weighted by Gasteiger charge is -2.28. The highest BCUT2D eigenvalue weighted by molar-refractivity contribution is 6.41. The van der Waals surface area contributed by atoms with Crippen LogP contribution in [0.2, 0.25) is 15.1 Å². The molecular formula is C37H43Cl3O8. The van der Waals surface area contributed by atoms with Gasteiger partial charge in [0.05, 0.1) is 52.7 Å². The Hall–Kier alpha value is -2.43. The standard InChI is InChI=1S/C37H43Cl3O8/c1-21-12-13-44-26(15-21)10-11-31(48-37(43)35-28(39)18-24(38)19-29(35)40)32-20-33-36(47-33)30(41)17-23(3)14-22(2)16-27-8-4-6-25(45-27)7-5-9-34(42)46-32/h4-6,9-12,18-19,22,25-27,30-33,36,41H,3,7-8,13-17,20H2,1-2H3/b9-5-,11-10+/t22-,25-,26+,27-,30-,31-,32-,33-,36-/m0/s1. The number of aliphatic hydroxyl groups excluding tert-OH is 1. The van der Waals surface area contributed by atoms with E-state index in [4.69, 9.17) is 58.5 Å². The summed E-state index contributed by atoms with van der Waals surface area (Å²) >= 11 is 18.8. The Labute approximate surface area is 297 Å². The van der Waals surface area contributed by atoms with Crippen LogP contribution in [-0.4, -0.2) is 72.5 Å². The lowest BCUT2D eigenvalue weighted by molar-refractivity contribution is -0.148. The van der Waals surface area contributed by atoms with Crippen molar-refractivity contribution in [2.24, 2.45) is 5.92 Å². The molecule has 1 fully saturated rings. The number of benzene rings is 1. The van der Waals surface area contributed by atoms with E-state index in [0.717, 1.165) is 24.8 Å². The van der Waals surface area contributed by atoms with Crippen molar-refractivity contribution < 1.29 is 38.4 Å². The van der Waals surface area contributed by atoms with Gasteiger partial charge in [0.15, 0.2) is 6.10 Å². The van der Waals surface area contributed by atoms with Gasteiger partial charge in [-0.2, -0.15) is 0 Å². The molecule has 0 saturated carbocycles. The van der Waals surface area contributed by atoms with Gasteiger partial charge in [-0.1, -0.05) is 89.8 Å². The fourth-order valence-electron chi connectivity index (χ4n) is 6.48. The molecule has 5 rings (SSSR count). The smallest absolute Gasteiger partial charge is 0.341 e. The summed E-state index contributed by atoms with van der Waals surface area (Å²) < 4.78 is 30.0. The van der Waals surface area contributed by atoms with Crippen molar-refractivity contribution >= 4 is 46.7 Å². The lowest BCUT2D eigenvalue weighted by atomic mass is 9.91. The summed E-state index contributed by atoms with van der Waals surface area (Å²) in [4.78, 5) is 26.8. The molecule has 0 spiro atoms. The second kappa shape index (κ2) is 17.0. The molecule has 0 aliphatic carbocycles. The Morgan fingerprint density at radius 2 is 1.85 bits per heavy atom. The monoisotopic (exact) mass is 720 g/mol. The van der Waals surface area contributed by atoms with Gasteiger partial charge < -0.3 is 28.8 Å². The number of hydrogen-bond acceptors (Lipinski definition) is 8. The molecule has 1 aromatic rings. The number of esters is 2. The average molecular weight is 722 g/mol. The van der Waals surface area contributed by atoms with E-state index in [2.05, 4.69) is 19.6 Å². The first kappa shape index (κ1) is 36.8. The van der Waals surface area contributed by atoms with E-state index in [1.54, 1.807) is 18.2 Å². The van der Waals surface area contributed by atoms with Crippen molar-refractivity contribution in [3.63, 3.8) is 0 Å². The largest absolute Gasteiger partial charge is 0.455 e. The molecule has 0 aromatic heterocycles. The Morgan fingerprint density at radius 1 is 1.08 bits per heavy atom. The molecule has 4 heterocycles. The second-order valence-electron chi connectivity index (χ2n) is 13.1. The topological polar surface area (TPSA) is 104 Å². The number of hydrogen-bond donors (Lipinski definition) is 1. The van der Waals surface area contributed by atoms with Crippen molar-refractivity contribution in [3.05, 3.63) is 93.0 Å². The first-order valence-corrected chi connectivity index (χ1v) is 17.6. The van der Waals surface area contributed by atoms with Crippen LogP contribution in [0, 0.1) is 5.92 Å².